The number of nitrogens with zero attached hydrogens (tertiary/aromatic N) is 3. The van der Waals surface area contributed by atoms with E-state index in [0.717, 1.165) is 60.0 Å². The molecule has 0 saturated carbocycles. The standard InChI is InChI=1S/C52H68F2N4O11S.C2HF3O2/c1-52(2,3)50(46-28-39(44-29-41(53)12-13-45(44)54)33-56(46)31-37-9-5-4-6-10-37)58(32-38-16-18-55-30-38)49(63)36-70-35-40(51(64)65)27-42(59)17-20-67-22-24-69-26-25-68-23-21-66-19-8-7-11-43(60)34-57-47(61)14-15-48(57)62;3-2(4,5)1(6)7/h4-6,9-10,12-15,28-29,33,38,40,50,55H,7-8,11,16-27,30-32,34-36H2,1-3H3,(H,64,65);(H,6,7)/t38?,40-,50-;/m0./s1. The van der Waals surface area contributed by atoms with Crippen LogP contribution in [0.2, 0.25) is 0 Å². The Bertz CT molecular complexity index is 2430. The molecule has 1 fully saturated rings. The molecule has 3 atom stereocenters. The zero-order chi connectivity index (χ0) is 56.5. The van der Waals surface area contributed by atoms with Crippen LogP contribution in [0.4, 0.5) is 22.0 Å². The second-order valence-corrected chi connectivity index (χ2v) is 20.5. The highest BCUT2D eigenvalue weighted by atomic mass is 32.2. The van der Waals surface area contributed by atoms with E-state index in [1.165, 1.54) is 17.8 Å². The summed E-state index contributed by atoms with van der Waals surface area (Å²) in [7, 11) is 0. The van der Waals surface area contributed by atoms with Crippen molar-refractivity contribution in [2.24, 2.45) is 17.3 Å². The fraction of sp³-hybridized carbons (Fsp3) is 0.537. The SMILES string of the molecule is CC(C)(C)[C@H](c1cc(-c2cc(F)ccc2F)cn1Cc1ccccc1)N(CC1CCNC1)C(=O)CSC[C@H](CC(=O)CCOCCOCCOCCOCCCCC(=O)CN1C(=O)C=CC1=O)C(=O)O.O=C(O)C(F)(F)F. The normalized spacial score (nSPS) is 15.3. The summed E-state index contributed by atoms with van der Waals surface area (Å²) in [6, 6.07) is 14.5. The van der Waals surface area contributed by atoms with E-state index in [9.17, 15) is 51.4 Å². The van der Waals surface area contributed by atoms with Crippen LogP contribution in [0.1, 0.15) is 76.6 Å². The summed E-state index contributed by atoms with van der Waals surface area (Å²) in [5, 5.41) is 20.6. The Hall–Kier alpha value is -5.85. The third-order valence-corrected chi connectivity index (χ3v) is 13.3. The first kappa shape index (κ1) is 63.7. The number of carboxylic acid groups (broad SMARTS) is 2. The Labute approximate surface area is 448 Å². The minimum absolute atomic E-state index is 0.0163. The predicted molar refractivity (Wildman–Crippen MR) is 275 cm³/mol. The maximum Gasteiger partial charge on any atom is 0.490 e. The first-order valence-corrected chi connectivity index (χ1v) is 26.4. The van der Waals surface area contributed by atoms with Crippen molar-refractivity contribution in [2.45, 2.75) is 78.1 Å². The van der Waals surface area contributed by atoms with Crippen LogP contribution in [0.3, 0.4) is 0 Å². The van der Waals surface area contributed by atoms with E-state index in [1.807, 2.05) is 72.8 Å². The lowest BCUT2D eigenvalue weighted by Crippen LogP contribution is -2.45. The molecule has 3 amide bonds. The average molecular weight is 1110 g/mol. The lowest BCUT2D eigenvalue weighted by molar-refractivity contribution is -0.192. The number of imide groups is 1. The molecule has 2 aliphatic heterocycles. The summed E-state index contributed by atoms with van der Waals surface area (Å²) in [6.45, 7) is 10.9. The number of hydrogen-bond acceptors (Lipinski definition) is 13. The van der Waals surface area contributed by atoms with Crippen molar-refractivity contribution in [1.29, 1.82) is 0 Å². The number of alkyl halides is 3. The minimum atomic E-state index is -5.08. The number of halogens is 5. The second kappa shape index (κ2) is 32.1. The fourth-order valence-electron chi connectivity index (χ4n) is 8.39. The Kier molecular flexibility index (Phi) is 26.6. The van der Waals surface area contributed by atoms with Crippen LogP contribution < -0.4 is 5.32 Å². The molecule has 3 N–H and O–H groups in total. The van der Waals surface area contributed by atoms with Crippen molar-refractivity contribution in [2.75, 3.05) is 90.5 Å². The van der Waals surface area contributed by atoms with Gasteiger partial charge in [0, 0.05) is 79.9 Å². The van der Waals surface area contributed by atoms with Crippen molar-refractivity contribution in [1.82, 2.24) is 19.7 Å². The monoisotopic (exact) mass is 1110 g/mol. The first-order valence-electron chi connectivity index (χ1n) is 25.2. The number of amides is 3. The number of aromatic nitrogens is 1. The van der Waals surface area contributed by atoms with E-state index >= 15 is 4.39 Å². The Morgan fingerprint density at radius 1 is 0.805 bits per heavy atom. The third-order valence-electron chi connectivity index (χ3n) is 12.2. The zero-order valence-electron chi connectivity index (χ0n) is 43.5. The number of aliphatic carboxylic acids is 2. The number of carbonyl (C=O) groups excluding carboxylic acids is 5. The molecule has 3 aromatic rings. The van der Waals surface area contributed by atoms with E-state index < -0.39 is 58.9 Å². The lowest BCUT2D eigenvalue weighted by atomic mass is 9.82. The summed E-state index contributed by atoms with van der Waals surface area (Å²) in [6.07, 6.45) is 1.24. The summed E-state index contributed by atoms with van der Waals surface area (Å²) < 4.78 is 85.6. The Balaban J connectivity index is 0.00000171. The fourth-order valence-corrected chi connectivity index (χ4v) is 9.40. The number of nitrogens with one attached hydrogen (secondary N) is 1. The topological polar surface area (TPSA) is 220 Å². The highest BCUT2D eigenvalue weighted by Gasteiger charge is 2.40. The van der Waals surface area contributed by atoms with Gasteiger partial charge in [-0.05, 0) is 73.5 Å². The molecular weight excluding hydrogens is 1040 g/mol. The van der Waals surface area contributed by atoms with E-state index in [4.69, 9.17) is 28.8 Å². The highest BCUT2D eigenvalue weighted by molar-refractivity contribution is 7.99. The van der Waals surface area contributed by atoms with Gasteiger partial charge in [0.15, 0.2) is 5.78 Å². The molecule has 23 heteroatoms. The molecule has 3 heterocycles. The van der Waals surface area contributed by atoms with E-state index in [-0.39, 0.29) is 86.1 Å². The number of ketones is 2. The van der Waals surface area contributed by atoms with Crippen LogP contribution in [-0.2, 0) is 59.1 Å². The van der Waals surface area contributed by atoms with Gasteiger partial charge in [-0.3, -0.25) is 33.7 Å². The van der Waals surface area contributed by atoms with Crippen LogP contribution in [0.25, 0.3) is 11.1 Å². The third kappa shape index (κ3) is 22.6. The molecule has 2 aromatic carbocycles. The molecule has 1 aromatic heterocycles. The van der Waals surface area contributed by atoms with Crippen LogP contribution >= 0.6 is 11.8 Å². The molecule has 0 aliphatic carbocycles. The van der Waals surface area contributed by atoms with Gasteiger partial charge in [-0.2, -0.15) is 24.9 Å². The minimum Gasteiger partial charge on any atom is -0.481 e. The summed E-state index contributed by atoms with van der Waals surface area (Å²) in [5.74, 6) is -7.35. The molecule has 1 unspecified atom stereocenters. The van der Waals surface area contributed by atoms with Crippen molar-refractivity contribution < 1.29 is 84.7 Å². The van der Waals surface area contributed by atoms with Crippen LogP contribution in [0.15, 0.2) is 72.9 Å². The van der Waals surface area contributed by atoms with Crippen LogP contribution in [-0.4, -0.2) is 163 Å². The molecule has 0 spiro atoms. The van der Waals surface area contributed by atoms with Gasteiger partial charge in [0.1, 0.15) is 17.4 Å². The van der Waals surface area contributed by atoms with Gasteiger partial charge in [-0.15, -0.1) is 0 Å². The van der Waals surface area contributed by atoms with E-state index in [1.54, 1.807) is 0 Å². The maximum atomic E-state index is 15.3. The molecule has 424 valence electrons. The number of benzene rings is 2. The first-order chi connectivity index (χ1) is 36.5. The molecular formula is C54H69F5N4O13S. The van der Waals surface area contributed by atoms with Gasteiger partial charge < -0.3 is 43.9 Å². The summed E-state index contributed by atoms with van der Waals surface area (Å²) >= 11 is 1.18. The predicted octanol–water partition coefficient (Wildman–Crippen LogP) is 7.15. The molecule has 1 saturated heterocycles. The van der Waals surface area contributed by atoms with Crippen molar-refractivity contribution in [3.8, 4) is 11.1 Å². The summed E-state index contributed by atoms with van der Waals surface area (Å²) in [4.78, 5) is 86.6. The second-order valence-electron chi connectivity index (χ2n) is 19.5. The Morgan fingerprint density at radius 3 is 1.99 bits per heavy atom. The van der Waals surface area contributed by atoms with Gasteiger partial charge >= 0.3 is 18.1 Å². The smallest absolute Gasteiger partial charge is 0.481 e. The number of unbranched alkanes of at least 4 members (excludes halogenated alkanes) is 1. The molecule has 5 rings (SSSR count). The number of rotatable bonds is 33. The van der Waals surface area contributed by atoms with E-state index in [2.05, 4.69) is 5.32 Å². The molecule has 17 nitrogen and oxygen atoms in total. The van der Waals surface area contributed by atoms with Gasteiger partial charge in [0.05, 0.1) is 70.5 Å². The largest absolute Gasteiger partial charge is 0.490 e. The number of hydrogen-bond donors (Lipinski definition) is 3. The summed E-state index contributed by atoms with van der Waals surface area (Å²) in [5.41, 5.74) is 1.84. The number of carboxylic acids is 2. The molecule has 77 heavy (non-hydrogen) atoms. The Morgan fingerprint density at radius 2 is 1.42 bits per heavy atom. The van der Waals surface area contributed by atoms with Gasteiger partial charge in [0.25, 0.3) is 11.8 Å². The van der Waals surface area contributed by atoms with Crippen LogP contribution in [0, 0.1) is 28.9 Å². The molecule has 0 bridgehead atoms. The van der Waals surface area contributed by atoms with E-state index in [0.29, 0.717) is 64.5 Å². The number of carbonyl (C=O) groups is 7. The average Bonchev–Trinajstić information content (AvgIpc) is 4.12. The molecule has 0 radical (unpaired) electrons. The van der Waals surface area contributed by atoms with Crippen molar-refractivity contribution >= 4 is 53.0 Å². The number of Topliss-reactive ketones (excluding diaryl/α,β-unsaturated/α-hetero) is 2. The maximum absolute atomic E-state index is 15.3. The van der Waals surface area contributed by atoms with Crippen molar-refractivity contribution in [3.63, 3.8) is 0 Å². The lowest BCUT2D eigenvalue weighted by Gasteiger charge is -2.42. The highest BCUT2D eigenvalue weighted by Crippen LogP contribution is 2.42. The van der Waals surface area contributed by atoms with Gasteiger partial charge in [0.2, 0.25) is 5.91 Å². The van der Waals surface area contributed by atoms with Gasteiger partial charge in [-0.1, -0.05) is 51.1 Å². The zero-order valence-corrected chi connectivity index (χ0v) is 44.4. The van der Waals surface area contributed by atoms with Gasteiger partial charge in [-0.25, -0.2) is 13.6 Å². The van der Waals surface area contributed by atoms with Crippen molar-refractivity contribution in [3.05, 3.63) is 95.8 Å². The van der Waals surface area contributed by atoms with Crippen LogP contribution in [0.5, 0.6) is 0 Å². The number of ether oxygens (including phenoxy) is 4. The molecule has 2 aliphatic rings. The quantitative estimate of drug-likeness (QED) is 0.0313. The number of thioether (sulfide) groups is 1.